The molecule has 0 bridgehead atoms. The number of aliphatic imine (C=N–C) groups is 1. The van der Waals surface area contributed by atoms with Crippen molar-refractivity contribution in [3.63, 3.8) is 0 Å². The van der Waals surface area contributed by atoms with E-state index in [9.17, 15) is 8.78 Å². The molecule has 1 aromatic carbocycles. The summed E-state index contributed by atoms with van der Waals surface area (Å²) in [5, 5.41) is 7.58. The van der Waals surface area contributed by atoms with Crippen LogP contribution in [0.25, 0.3) is 0 Å². The Hall–Kier alpha value is -2.22. The summed E-state index contributed by atoms with van der Waals surface area (Å²) in [6, 6.07) is 4.05. The number of anilines is 1. The highest BCUT2D eigenvalue weighted by atomic mass is 32.1. The van der Waals surface area contributed by atoms with E-state index in [0.29, 0.717) is 25.6 Å². The summed E-state index contributed by atoms with van der Waals surface area (Å²) in [4.78, 5) is 12.0. The highest BCUT2D eigenvalue weighted by molar-refractivity contribution is 7.11. The zero-order valence-corrected chi connectivity index (χ0v) is 16.5. The summed E-state index contributed by atoms with van der Waals surface area (Å²) < 4.78 is 28.0. The summed E-state index contributed by atoms with van der Waals surface area (Å²) in [7, 11) is 0. The second-order valence-corrected chi connectivity index (χ2v) is 7.61. The predicted molar refractivity (Wildman–Crippen MR) is 106 cm³/mol. The molecule has 2 heterocycles. The molecule has 1 unspecified atom stereocenters. The molecule has 1 atom stereocenters. The van der Waals surface area contributed by atoms with Crippen molar-refractivity contribution in [1.29, 1.82) is 0 Å². The summed E-state index contributed by atoms with van der Waals surface area (Å²) >= 11 is 1.67. The molecule has 2 aromatic rings. The summed E-state index contributed by atoms with van der Waals surface area (Å²) in [5.41, 5.74) is 0.0543. The van der Waals surface area contributed by atoms with Gasteiger partial charge in [-0.1, -0.05) is 13.0 Å². The van der Waals surface area contributed by atoms with E-state index in [1.165, 1.54) is 23.1 Å². The number of halogens is 2. The van der Waals surface area contributed by atoms with Crippen LogP contribution in [-0.2, 0) is 13.0 Å². The SMILES string of the molecule is CCNC(=NCc1ncc(CC)s1)NC1CCN(c2c(F)cccc2F)C1. The maximum Gasteiger partial charge on any atom is 0.191 e. The van der Waals surface area contributed by atoms with Gasteiger partial charge in [0.05, 0.1) is 6.54 Å². The molecule has 0 spiro atoms. The molecule has 1 aromatic heterocycles. The number of nitrogens with zero attached hydrogens (tertiary/aromatic N) is 3. The molecule has 1 saturated heterocycles. The van der Waals surface area contributed by atoms with Crippen molar-refractivity contribution in [1.82, 2.24) is 15.6 Å². The molecule has 3 rings (SSSR count). The first kappa shape index (κ1) is 19.5. The Bertz CT molecular complexity index is 772. The highest BCUT2D eigenvalue weighted by Gasteiger charge is 2.27. The largest absolute Gasteiger partial charge is 0.365 e. The van der Waals surface area contributed by atoms with Gasteiger partial charge in [0.1, 0.15) is 22.3 Å². The topological polar surface area (TPSA) is 52.6 Å². The van der Waals surface area contributed by atoms with E-state index in [-0.39, 0.29) is 11.7 Å². The molecule has 27 heavy (non-hydrogen) atoms. The number of thiazole rings is 1. The minimum absolute atomic E-state index is 0.0543. The van der Waals surface area contributed by atoms with Gasteiger partial charge in [-0.3, -0.25) is 0 Å². The molecular weight excluding hydrogens is 368 g/mol. The van der Waals surface area contributed by atoms with Crippen molar-refractivity contribution >= 4 is 23.0 Å². The fraction of sp³-hybridized carbons (Fsp3) is 0.474. The van der Waals surface area contributed by atoms with Gasteiger partial charge in [-0.25, -0.2) is 18.8 Å². The van der Waals surface area contributed by atoms with E-state index in [1.807, 2.05) is 13.1 Å². The third-order valence-electron chi connectivity index (χ3n) is 4.45. The highest BCUT2D eigenvalue weighted by Crippen LogP contribution is 2.26. The fourth-order valence-corrected chi connectivity index (χ4v) is 3.90. The van der Waals surface area contributed by atoms with Gasteiger partial charge in [-0.05, 0) is 31.9 Å². The summed E-state index contributed by atoms with van der Waals surface area (Å²) in [6.45, 7) is 6.49. The normalized spacial score (nSPS) is 17.4. The van der Waals surface area contributed by atoms with Crippen molar-refractivity contribution < 1.29 is 8.78 Å². The van der Waals surface area contributed by atoms with Gasteiger partial charge in [0.15, 0.2) is 5.96 Å². The molecule has 1 aliphatic rings. The standard InChI is InChI=1S/C19H25F2N5S/c1-3-14-10-23-17(27-14)11-24-19(22-4-2)25-13-8-9-26(12-13)18-15(20)6-5-7-16(18)21/h5-7,10,13H,3-4,8-9,11-12H2,1-2H3,(H2,22,24,25). The minimum Gasteiger partial charge on any atom is -0.365 e. The average Bonchev–Trinajstić information content (AvgIpc) is 3.29. The van der Waals surface area contributed by atoms with E-state index < -0.39 is 11.6 Å². The quantitative estimate of drug-likeness (QED) is 0.584. The van der Waals surface area contributed by atoms with Crippen molar-refractivity contribution in [2.75, 3.05) is 24.5 Å². The Kier molecular flexibility index (Phi) is 6.60. The summed E-state index contributed by atoms with van der Waals surface area (Å²) in [6.07, 6.45) is 3.66. The van der Waals surface area contributed by atoms with Gasteiger partial charge in [0.25, 0.3) is 0 Å². The molecule has 1 fully saturated rings. The van der Waals surface area contributed by atoms with E-state index in [2.05, 4.69) is 27.5 Å². The first-order valence-corrected chi connectivity index (χ1v) is 10.1. The molecule has 5 nitrogen and oxygen atoms in total. The van der Waals surface area contributed by atoms with Crippen LogP contribution in [-0.4, -0.2) is 36.6 Å². The van der Waals surface area contributed by atoms with Gasteiger partial charge >= 0.3 is 0 Å². The maximum absolute atomic E-state index is 14.0. The smallest absolute Gasteiger partial charge is 0.191 e. The maximum atomic E-state index is 14.0. The number of hydrogen-bond acceptors (Lipinski definition) is 4. The molecule has 0 aliphatic carbocycles. The zero-order chi connectivity index (χ0) is 19.2. The van der Waals surface area contributed by atoms with E-state index in [4.69, 9.17) is 0 Å². The van der Waals surface area contributed by atoms with Gasteiger partial charge in [-0.2, -0.15) is 0 Å². The van der Waals surface area contributed by atoms with Crippen LogP contribution < -0.4 is 15.5 Å². The second kappa shape index (κ2) is 9.12. The number of aryl methyl sites for hydroxylation is 1. The lowest BCUT2D eigenvalue weighted by atomic mass is 10.2. The lowest BCUT2D eigenvalue weighted by Crippen LogP contribution is -2.44. The Balaban J connectivity index is 1.62. The zero-order valence-electron chi connectivity index (χ0n) is 15.6. The lowest BCUT2D eigenvalue weighted by molar-refractivity contribution is 0.576. The Morgan fingerprint density at radius 1 is 1.33 bits per heavy atom. The number of hydrogen-bond donors (Lipinski definition) is 2. The fourth-order valence-electron chi connectivity index (χ4n) is 3.12. The number of para-hydroxylation sites is 1. The number of guanidine groups is 1. The molecule has 0 saturated carbocycles. The van der Waals surface area contributed by atoms with Crippen LogP contribution in [0.4, 0.5) is 14.5 Å². The third kappa shape index (κ3) is 4.94. The first-order valence-electron chi connectivity index (χ1n) is 9.28. The van der Waals surface area contributed by atoms with Crippen LogP contribution >= 0.6 is 11.3 Å². The van der Waals surface area contributed by atoms with E-state index >= 15 is 0 Å². The molecular formula is C19H25F2N5S. The lowest BCUT2D eigenvalue weighted by Gasteiger charge is -2.21. The Labute approximate surface area is 162 Å². The van der Waals surface area contributed by atoms with Crippen LogP contribution in [0, 0.1) is 11.6 Å². The predicted octanol–water partition coefficient (Wildman–Crippen LogP) is 3.32. The molecule has 0 radical (unpaired) electrons. The first-order chi connectivity index (χ1) is 13.1. The number of benzene rings is 1. The van der Waals surface area contributed by atoms with Crippen LogP contribution in [0.15, 0.2) is 29.4 Å². The molecule has 1 aliphatic heterocycles. The third-order valence-corrected chi connectivity index (χ3v) is 5.58. The monoisotopic (exact) mass is 393 g/mol. The van der Waals surface area contributed by atoms with Crippen LogP contribution in [0.3, 0.4) is 0 Å². The van der Waals surface area contributed by atoms with Gasteiger partial charge in [0, 0.05) is 36.8 Å². The van der Waals surface area contributed by atoms with Crippen molar-refractivity contribution in [2.45, 2.75) is 39.3 Å². The van der Waals surface area contributed by atoms with Crippen LogP contribution in [0.2, 0.25) is 0 Å². The molecule has 0 amide bonds. The van der Waals surface area contributed by atoms with Crippen molar-refractivity contribution in [2.24, 2.45) is 4.99 Å². The molecule has 2 N–H and O–H groups in total. The van der Waals surface area contributed by atoms with Crippen LogP contribution in [0.5, 0.6) is 0 Å². The Morgan fingerprint density at radius 3 is 2.78 bits per heavy atom. The van der Waals surface area contributed by atoms with E-state index in [0.717, 1.165) is 24.4 Å². The van der Waals surface area contributed by atoms with E-state index in [1.54, 1.807) is 16.2 Å². The van der Waals surface area contributed by atoms with Crippen LogP contribution in [0.1, 0.15) is 30.2 Å². The second-order valence-electron chi connectivity index (χ2n) is 6.42. The van der Waals surface area contributed by atoms with Gasteiger partial charge in [-0.15, -0.1) is 11.3 Å². The number of nitrogens with one attached hydrogen (secondary N) is 2. The number of aromatic nitrogens is 1. The summed E-state index contributed by atoms with van der Waals surface area (Å²) in [5.74, 6) is -0.343. The van der Waals surface area contributed by atoms with Crippen molar-refractivity contribution in [3.8, 4) is 0 Å². The average molecular weight is 394 g/mol. The Morgan fingerprint density at radius 2 is 2.11 bits per heavy atom. The molecule has 146 valence electrons. The van der Waals surface area contributed by atoms with Gasteiger partial charge < -0.3 is 15.5 Å². The van der Waals surface area contributed by atoms with Gasteiger partial charge in [0.2, 0.25) is 0 Å². The minimum atomic E-state index is -0.522. The van der Waals surface area contributed by atoms with Crippen molar-refractivity contribution in [3.05, 3.63) is 45.9 Å². The number of rotatable bonds is 6. The molecule has 8 heteroatoms.